The summed E-state index contributed by atoms with van der Waals surface area (Å²) in [6.45, 7) is -0.0588. The number of hydrogen-bond acceptors (Lipinski definition) is 2. The summed E-state index contributed by atoms with van der Waals surface area (Å²) in [6.07, 6.45) is 0. The van der Waals surface area contributed by atoms with E-state index in [4.69, 9.17) is 11.6 Å². The minimum atomic E-state index is -1.16. The van der Waals surface area contributed by atoms with Crippen molar-refractivity contribution in [1.82, 2.24) is 5.32 Å². The van der Waals surface area contributed by atoms with Crippen LogP contribution in [-0.2, 0) is 0 Å². The largest absolute Gasteiger partial charge is 0.313 e. The molecular weight excluding hydrogens is 212 g/mol. The van der Waals surface area contributed by atoms with Crippen molar-refractivity contribution in [2.75, 3.05) is 13.6 Å². The van der Waals surface area contributed by atoms with Gasteiger partial charge in [-0.25, -0.2) is 8.78 Å². The van der Waals surface area contributed by atoms with E-state index in [9.17, 15) is 13.6 Å². The third kappa shape index (κ3) is 2.27. The van der Waals surface area contributed by atoms with Crippen LogP contribution in [-0.4, -0.2) is 19.4 Å². The van der Waals surface area contributed by atoms with E-state index in [1.165, 1.54) is 7.05 Å². The molecule has 0 atom stereocenters. The highest BCUT2D eigenvalue weighted by Gasteiger charge is 2.15. The molecule has 0 amide bonds. The summed E-state index contributed by atoms with van der Waals surface area (Å²) >= 11 is 5.49. The SMILES string of the molecule is CNCC(=O)c1cc(Cl)cc(F)c1F. The zero-order chi connectivity index (χ0) is 10.7. The number of hydrogen-bond donors (Lipinski definition) is 1. The van der Waals surface area contributed by atoms with Gasteiger partial charge in [0.2, 0.25) is 0 Å². The van der Waals surface area contributed by atoms with E-state index in [-0.39, 0.29) is 17.1 Å². The first kappa shape index (κ1) is 11.1. The molecule has 1 rings (SSSR count). The Morgan fingerprint density at radius 1 is 1.50 bits per heavy atom. The summed E-state index contributed by atoms with van der Waals surface area (Å²) in [6, 6.07) is 1.94. The Morgan fingerprint density at radius 3 is 2.71 bits per heavy atom. The van der Waals surface area contributed by atoms with Crippen molar-refractivity contribution in [2.45, 2.75) is 0 Å². The lowest BCUT2D eigenvalue weighted by Gasteiger charge is -2.03. The molecular formula is C9H8ClF2NO. The first-order valence-corrected chi connectivity index (χ1v) is 4.26. The summed E-state index contributed by atoms with van der Waals surface area (Å²) in [7, 11) is 1.54. The third-order valence-electron chi connectivity index (χ3n) is 1.63. The van der Waals surface area contributed by atoms with Crippen molar-refractivity contribution >= 4 is 17.4 Å². The maximum absolute atomic E-state index is 13.1. The van der Waals surface area contributed by atoms with E-state index in [1.807, 2.05) is 0 Å². The molecule has 2 nitrogen and oxygen atoms in total. The molecule has 0 heterocycles. The molecule has 0 bridgehead atoms. The van der Waals surface area contributed by atoms with Crippen LogP contribution in [0.5, 0.6) is 0 Å². The molecule has 0 radical (unpaired) electrons. The van der Waals surface area contributed by atoms with Gasteiger partial charge in [-0.15, -0.1) is 0 Å². The van der Waals surface area contributed by atoms with Crippen LogP contribution < -0.4 is 5.32 Å². The van der Waals surface area contributed by atoms with Crippen LogP contribution >= 0.6 is 11.6 Å². The van der Waals surface area contributed by atoms with Crippen LogP contribution in [0.2, 0.25) is 5.02 Å². The molecule has 1 N–H and O–H groups in total. The van der Waals surface area contributed by atoms with E-state index in [0.29, 0.717) is 0 Å². The van der Waals surface area contributed by atoms with Gasteiger partial charge >= 0.3 is 0 Å². The first-order chi connectivity index (χ1) is 6.56. The van der Waals surface area contributed by atoms with Gasteiger partial charge in [0.05, 0.1) is 12.1 Å². The van der Waals surface area contributed by atoms with E-state index < -0.39 is 17.4 Å². The fourth-order valence-electron chi connectivity index (χ4n) is 1.01. The Balaban J connectivity index is 3.13. The highest BCUT2D eigenvalue weighted by atomic mass is 35.5. The molecule has 76 valence electrons. The zero-order valence-electron chi connectivity index (χ0n) is 7.40. The summed E-state index contributed by atoms with van der Waals surface area (Å²) in [4.78, 5) is 11.2. The number of Topliss-reactive ketones (excluding diaryl/α,β-unsaturated/α-hetero) is 1. The van der Waals surface area contributed by atoms with Crippen molar-refractivity contribution in [3.05, 3.63) is 34.4 Å². The second-order valence-electron chi connectivity index (χ2n) is 2.70. The van der Waals surface area contributed by atoms with E-state index in [0.717, 1.165) is 12.1 Å². The average molecular weight is 220 g/mol. The van der Waals surface area contributed by atoms with Crippen LogP contribution in [0.15, 0.2) is 12.1 Å². The number of carbonyl (C=O) groups is 1. The van der Waals surface area contributed by atoms with Gasteiger partial charge in [0.1, 0.15) is 0 Å². The molecule has 0 aliphatic rings. The maximum Gasteiger partial charge on any atom is 0.179 e. The monoisotopic (exact) mass is 219 g/mol. The van der Waals surface area contributed by atoms with Gasteiger partial charge in [-0.1, -0.05) is 11.6 Å². The van der Waals surface area contributed by atoms with Gasteiger partial charge in [-0.3, -0.25) is 4.79 Å². The maximum atomic E-state index is 13.1. The van der Waals surface area contributed by atoms with Crippen LogP contribution in [0.3, 0.4) is 0 Å². The van der Waals surface area contributed by atoms with Gasteiger partial charge in [0.15, 0.2) is 17.4 Å². The van der Waals surface area contributed by atoms with Crippen molar-refractivity contribution in [3.8, 4) is 0 Å². The molecule has 0 fully saturated rings. The van der Waals surface area contributed by atoms with Gasteiger partial charge in [-0.05, 0) is 19.2 Å². The molecule has 0 aliphatic carbocycles. The van der Waals surface area contributed by atoms with Crippen molar-refractivity contribution in [2.24, 2.45) is 0 Å². The lowest BCUT2D eigenvalue weighted by atomic mass is 10.1. The quantitative estimate of drug-likeness (QED) is 0.623. The Hall–Kier alpha value is -1.00. The normalized spacial score (nSPS) is 10.3. The molecule has 1 aromatic carbocycles. The van der Waals surface area contributed by atoms with Crippen LogP contribution in [0.1, 0.15) is 10.4 Å². The first-order valence-electron chi connectivity index (χ1n) is 3.88. The fourth-order valence-corrected chi connectivity index (χ4v) is 1.22. The standard InChI is InChI=1S/C9H8ClF2NO/c1-13-4-8(14)6-2-5(10)3-7(11)9(6)12/h2-3,13H,4H2,1H3. The number of nitrogens with one attached hydrogen (secondary N) is 1. The van der Waals surface area contributed by atoms with Crippen molar-refractivity contribution < 1.29 is 13.6 Å². The Bertz CT molecular complexity index is 368. The lowest BCUT2D eigenvalue weighted by molar-refractivity contribution is 0.0988. The number of ketones is 1. The van der Waals surface area contributed by atoms with Crippen LogP contribution in [0.25, 0.3) is 0 Å². The molecule has 1 aromatic rings. The Labute approximate surface area is 84.9 Å². The minimum Gasteiger partial charge on any atom is -0.313 e. The summed E-state index contributed by atoms with van der Waals surface area (Å²) in [5, 5.41) is 2.55. The highest BCUT2D eigenvalue weighted by molar-refractivity contribution is 6.31. The minimum absolute atomic E-state index is 0.00310. The van der Waals surface area contributed by atoms with Crippen LogP contribution in [0.4, 0.5) is 8.78 Å². The van der Waals surface area contributed by atoms with Crippen LogP contribution in [0, 0.1) is 11.6 Å². The molecule has 0 aliphatic heterocycles. The average Bonchev–Trinajstić information content (AvgIpc) is 2.11. The molecule has 14 heavy (non-hydrogen) atoms. The van der Waals surface area contributed by atoms with E-state index >= 15 is 0 Å². The molecule has 0 unspecified atom stereocenters. The predicted molar refractivity (Wildman–Crippen MR) is 49.6 cm³/mol. The summed E-state index contributed by atoms with van der Waals surface area (Å²) in [5.41, 5.74) is -0.329. The number of halogens is 3. The van der Waals surface area contributed by atoms with Crippen molar-refractivity contribution in [1.29, 1.82) is 0 Å². The lowest BCUT2D eigenvalue weighted by Crippen LogP contribution is -2.20. The van der Waals surface area contributed by atoms with Gasteiger partial charge < -0.3 is 5.32 Å². The Kier molecular flexibility index (Phi) is 3.55. The molecule has 0 aromatic heterocycles. The number of rotatable bonds is 3. The van der Waals surface area contributed by atoms with Gasteiger partial charge in [-0.2, -0.15) is 0 Å². The van der Waals surface area contributed by atoms with Gasteiger partial charge in [0, 0.05) is 5.02 Å². The van der Waals surface area contributed by atoms with Crippen molar-refractivity contribution in [3.63, 3.8) is 0 Å². The second-order valence-corrected chi connectivity index (χ2v) is 3.14. The molecule has 0 spiro atoms. The summed E-state index contributed by atoms with van der Waals surface area (Å²) < 4.78 is 25.9. The number of likely N-dealkylation sites (N-methyl/N-ethyl adjacent to an activating group) is 1. The van der Waals surface area contributed by atoms with E-state index in [1.54, 1.807) is 0 Å². The highest BCUT2D eigenvalue weighted by Crippen LogP contribution is 2.18. The second kappa shape index (κ2) is 4.48. The molecule has 0 saturated carbocycles. The topological polar surface area (TPSA) is 29.1 Å². The Morgan fingerprint density at radius 2 is 2.14 bits per heavy atom. The summed E-state index contributed by atoms with van der Waals surface area (Å²) in [5.74, 6) is -2.81. The smallest absolute Gasteiger partial charge is 0.179 e. The third-order valence-corrected chi connectivity index (χ3v) is 1.85. The zero-order valence-corrected chi connectivity index (χ0v) is 8.16. The molecule has 5 heteroatoms. The molecule has 0 saturated heterocycles. The fraction of sp³-hybridized carbons (Fsp3) is 0.222. The number of carbonyl (C=O) groups excluding carboxylic acids is 1. The number of benzene rings is 1. The van der Waals surface area contributed by atoms with Gasteiger partial charge in [0.25, 0.3) is 0 Å². The van der Waals surface area contributed by atoms with E-state index in [2.05, 4.69) is 5.32 Å². The predicted octanol–water partition coefficient (Wildman–Crippen LogP) is 2.02.